The Morgan fingerprint density at radius 3 is 3.73 bits per heavy atom. The highest BCUT2D eigenvalue weighted by Crippen LogP contribution is 2.47. The first-order valence-corrected chi connectivity index (χ1v) is 4.62. The number of oxime groups is 1. The molecule has 0 unspecified atom stereocenters. The van der Waals surface area contributed by atoms with Crippen molar-refractivity contribution >= 4 is 17.5 Å². The molecule has 0 radical (unpaired) electrons. The van der Waals surface area contributed by atoms with Crippen molar-refractivity contribution in [2.24, 2.45) is 5.16 Å². The summed E-state index contributed by atoms with van der Waals surface area (Å²) in [5, 5.41) is 3.99. The van der Waals surface area contributed by atoms with Gasteiger partial charge in [-0.1, -0.05) is 5.16 Å². The molecule has 58 valence electrons. The average Bonchev–Trinajstić information content (AvgIpc) is 2.55. The van der Waals surface area contributed by atoms with Crippen LogP contribution in [0.5, 0.6) is 0 Å². The maximum atomic E-state index is 5.52. The van der Waals surface area contributed by atoms with Gasteiger partial charge in [-0.2, -0.15) is 0 Å². The van der Waals surface area contributed by atoms with Gasteiger partial charge in [-0.25, -0.2) is 0 Å². The van der Waals surface area contributed by atoms with Crippen molar-refractivity contribution in [2.45, 2.75) is 17.5 Å². The fourth-order valence-electron chi connectivity index (χ4n) is 1.64. The molecule has 0 N–H and O–H groups in total. The van der Waals surface area contributed by atoms with E-state index >= 15 is 0 Å². The zero-order chi connectivity index (χ0) is 7.31. The van der Waals surface area contributed by atoms with Gasteiger partial charge in [0, 0.05) is 12.2 Å². The summed E-state index contributed by atoms with van der Waals surface area (Å²) in [6.07, 6.45) is 4.68. The molecule has 11 heavy (non-hydrogen) atoms. The highest BCUT2D eigenvalue weighted by molar-refractivity contribution is 8.01. The van der Waals surface area contributed by atoms with Crippen molar-refractivity contribution in [3.8, 4) is 0 Å². The normalized spacial score (nSPS) is 44.4. The minimum absolute atomic E-state index is 0.0324. The van der Waals surface area contributed by atoms with Gasteiger partial charge in [0.25, 0.3) is 0 Å². The molecule has 0 bridgehead atoms. The largest absolute Gasteiger partial charge is 0.474 e. The summed E-state index contributed by atoms with van der Waals surface area (Å²) in [5.74, 6) is 1.10. The smallest absolute Gasteiger partial charge is 0.238 e. The molecule has 4 heteroatoms. The Labute approximate surface area is 68.4 Å². The third-order valence-electron chi connectivity index (χ3n) is 2.21. The Balaban J connectivity index is 2.08. The van der Waals surface area contributed by atoms with Gasteiger partial charge >= 0.3 is 0 Å². The summed E-state index contributed by atoms with van der Waals surface area (Å²) in [7, 11) is 0. The minimum atomic E-state index is -0.250. The van der Waals surface area contributed by atoms with Gasteiger partial charge in [0.05, 0.1) is 6.26 Å². The molecular weight excluding hydrogens is 162 g/mol. The van der Waals surface area contributed by atoms with Crippen LogP contribution in [0.2, 0.25) is 0 Å². The summed E-state index contributed by atoms with van der Waals surface area (Å²) in [6.45, 7) is 0. The van der Waals surface area contributed by atoms with E-state index < -0.39 is 0 Å². The average molecular weight is 169 g/mol. The predicted molar refractivity (Wildman–Crippen MR) is 42.3 cm³/mol. The van der Waals surface area contributed by atoms with E-state index in [1.807, 2.05) is 6.08 Å². The number of nitrogens with zero attached hydrogens (tertiary/aromatic N) is 1. The van der Waals surface area contributed by atoms with E-state index in [0.29, 0.717) is 0 Å². The molecule has 1 spiro atoms. The van der Waals surface area contributed by atoms with Gasteiger partial charge in [0.15, 0.2) is 0 Å². The summed E-state index contributed by atoms with van der Waals surface area (Å²) in [5.41, 5.74) is 1.07. The highest BCUT2D eigenvalue weighted by atomic mass is 32.2. The molecule has 2 atom stereocenters. The van der Waals surface area contributed by atoms with E-state index in [0.717, 1.165) is 17.9 Å². The number of rotatable bonds is 0. The van der Waals surface area contributed by atoms with E-state index in [1.165, 1.54) is 0 Å². The number of hydrogen-bond acceptors (Lipinski definition) is 4. The van der Waals surface area contributed by atoms with E-state index in [-0.39, 0.29) is 11.0 Å². The van der Waals surface area contributed by atoms with Crippen LogP contribution in [-0.2, 0) is 9.57 Å². The van der Waals surface area contributed by atoms with E-state index in [2.05, 4.69) is 5.16 Å². The lowest BCUT2D eigenvalue weighted by Gasteiger charge is -2.20. The maximum absolute atomic E-state index is 5.52. The third kappa shape index (κ3) is 0.550. The lowest BCUT2D eigenvalue weighted by molar-refractivity contribution is 0.0526. The lowest BCUT2D eigenvalue weighted by Crippen LogP contribution is -2.36. The number of thioether (sulfide) groups is 1. The van der Waals surface area contributed by atoms with Crippen LogP contribution in [0.3, 0.4) is 0 Å². The first-order valence-electron chi connectivity index (χ1n) is 3.63. The van der Waals surface area contributed by atoms with Gasteiger partial charge in [-0.3, -0.25) is 0 Å². The second kappa shape index (κ2) is 1.75. The summed E-state index contributed by atoms with van der Waals surface area (Å²) < 4.78 is 5.52. The molecule has 1 saturated heterocycles. The van der Waals surface area contributed by atoms with Crippen LogP contribution in [0.4, 0.5) is 0 Å². The monoisotopic (exact) mass is 169 g/mol. The van der Waals surface area contributed by atoms with Crippen LogP contribution in [0.25, 0.3) is 0 Å². The Kier molecular flexibility index (Phi) is 0.943. The number of hydrogen-bond donors (Lipinski definition) is 0. The van der Waals surface area contributed by atoms with Crippen molar-refractivity contribution in [2.75, 3.05) is 5.75 Å². The Bertz CT molecular complexity index is 263. The van der Waals surface area contributed by atoms with Crippen LogP contribution in [-0.4, -0.2) is 22.5 Å². The lowest BCUT2D eigenvalue weighted by atomic mass is 10.1. The van der Waals surface area contributed by atoms with Crippen molar-refractivity contribution in [1.82, 2.24) is 0 Å². The molecule has 0 aromatic heterocycles. The molecule has 3 nitrogen and oxygen atoms in total. The Hall–Kier alpha value is -0.640. The number of ether oxygens (including phenoxy) is 1. The van der Waals surface area contributed by atoms with Crippen LogP contribution in [0.1, 0.15) is 6.42 Å². The SMILES string of the molecule is C1=C[C@H]2ON=C3CCS[C@@]32O1. The molecule has 3 aliphatic rings. The molecule has 3 rings (SSSR count). The second-order valence-corrected chi connectivity index (χ2v) is 4.08. The molecule has 0 aromatic rings. The Morgan fingerprint density at radius 1 is 1.73 bits per heavy atom. The summed E-state index contributed by atoms with van der Waals surface area (Å²) in [4.78, 5) is 4.94. The topological polar surface area (TPSA) is 30.8 Å². The highest BCUT2D eigenvalue weighted by Gasteiger charge is 2.56. The van der Waals surface area contributed by atoms with Crippen molar-refractivity contribution in [3.63, 3.8) is 0 Å². The van der Waals surface area contributed by atoms with E-state index in [1.54, 1.807) is 18.0 Å². The third-order valence-corrected chi connectivity index (χ3v) is 3.61. The first kappa shape index (κ1) is 5.94. The van der Waals surface area contributed by atoms with Gasteiger partial charge < -0.3 is 9.57 Å². The minimum Gasteiger partial charge on any atom is -0.474 e. The summed E-state index contributed by atoms with van der Waals surface area (Å²) >= 11 is 1.79. The maximum Gasteiger partial charge on any atom is 0.238 e. The fraction of sp³-hybridized carbons (Fsp3) is 0.571. The quantitative estimate of drug-likeness (QED) is 0.544. The molecule has 0 aromatic carbocycles. The van der Waals surface area contributed by atoms with Crippen LogP contribution < -0.4 is 0 Å². The zero-order valence-corrected chi connectivity index (χ0v) is 6.63. The van der Waals surface area contributed by atoms with Crippen LogP contribution >= 0.6 is 11.8 Å². The van der Waals surface area contributed by atoms with Crippen LogP contribution in [0.15, 0.2) is 17.5 Å². The van der Waals surface area contributed by atoms with Gasteiger partial charge in [0.1, 0.15) is 5.71 Å². The molecule has 0 amide bonds. The fourth-order valence-corrected chi connectivity index (χ4v) is 2.96. The molecule has 1 fully saturated rings. The van der Waals surface area contributed by atoms with Crippen molar-refractivity contribution in [3.05, 3.63) is 12.3 Å². The molecule has 3 heterocycles. The van der Waals surface area contributed by atoms with Gasteiger partial charge in [0.2, 0.25) is 11.0 Å². The summed E-state index contributed by atoms with van der Waals surface area (Å²) in [6, 6.07) is 0. The van der Waals surface area contributed by atoms with E-state index in [4.69, 9.17) is 9.57 Å². The Morgan fingerprint density at radius 2 is 2.73 bits per heavy atom. The predicted octanol–water partition coefficient (Wildman–Crippen LogP) is 1.12. The standard InChI is InChI=1S/C7H7NO2S/c1-3-9-7-5(2-4-11-7)8-10-6(1)7/h1,3,6H,2,4H2/t6-,7+/m1/s1. The molecule has 0 aliphatic carbocycles. The molecular formula is C7H7NO2S. The first-order chi connectivity index (χ1) is 5.42. The zero-order valence-electron chi connectivity index (χ0n) is 5.82. The van der Waals surface area contributed by atoms with E-state index in [9.17, 15) is 0 Å². The second-order valence-electron chi connectivity index (χ2n) is 2.78. The van der Waals surface area contributed by atoms with Crippen molar-refractivity contribution in [1.29, 1.82) is 0 Å². The van der Waals surface area contributed by atoms with Crippen LogP contribution in [0, 0.1) is 0 Å². The van der Waals surface area contributed by atoms with Gasteiger partial charge in [-0.05, 0) is 6.08 Å². The molecule has 3 aliphatic heterocycles. The van der Waals surface area contributed by atoms with Gasteiger partial charge in [-0.15, -0.1) is 11.8 Å². The van der Waals surface area contributed by atoms with Crippen molar-refractivity contribution < 1.29 is 9.57 Å². The molecule has 0 saturated carbocycles.